The maximum Gasteiger partial charge on any atom is 0.290 e. The third kappa shape index (κ3) is 5.49. The number of anilines is 1. The van der Waals surface area contributed by atoms with Crippen LogP contribution in [0.4, 0.5) is 17.2 Å². The molecule has 9 heteroatoms. The normalized spacial score (nSPS) is 11.7. The van der Waals surface area contributed by atoms with Gasteiger partial charge in [0.05, 0.1) is 10.6 Å². The van der Waals surface area contributed by atoms with Crippen LogP contribution in [-0.4, -0.2) is 22.4 Å². The molecule has 0 N–H and O–H groups in total. The van der Waals surface area contributed by atoms with Gasteiger partial charge in [0.2, 0.25) is 0 Å². The molecule has 2 rings (SSSR count). The fourth-order valence-corrected chi connectivity index (χ4v) is 4.16. The van der Waals surface area contributed by atoms with Gasteiger partial charge in [-0.15, -0.1) is 0 Å². The Hall–Kier alpha value is -1.51. The second kappa shape index (κ2) is 9.84. The molecule has 0 saturated heterocycles. The van der Waals surface area contributed by atoms with Gasteiger partial charge in [0.15, 0.2) is 10.5 Å². The molecule has 1 aromatic heterocycles. The number of hydrogen-bond acceptors (Lipinski definition) is 7. The van der Waals surface area contributed by atoms with Crippen LogP contribution in [0.3, 0.4) is 0 Å². The van der Waals surface area contributed by atoms with Gasteiger partial charge in [0.25, 0.3) is 5.69 Å². The Morgan fingerprint density at radius 2 is 1.96 bits per heavy atom. The number of nitro groups is 1. The smallest absolute Gasteiger partial charge is 0.290 e. The molecular formula is C16H21ClN4O2S2. The van der Waals surface area contributed by atoms with Crippen molar-refractivity contribution in [3.63, 3.8) is 0 Å². The highest BCUT2D eigenvalue weighted by molar-refractivity contribution is 7.66. The lowest BCUT2D eigenvalue weighted by atomic mass is 10.2. The van der Waals surface area contributed by atoms with Crippen LogP contribution in [0.1, 0.15) is 39.5 Å². The summed E-state index contributed by atoms with van der Waals surface area (Å²) >= 11 is 5.87. The van der Waals surface area contributed by atoms with E-state index in [-0.39, 0.29) is 10.7 Å². The van der Waals surface area contributed by atoms with Gasteiger partial charge in [-0.2, -0.15) is 4.37 Å². The minimum absolute atomic E-state index is 0.115. The van der Waals surface area contributed by atoms with Crippen molar-refractivity contribution in [2.45, 2.75) is 39.5 Å². The molecule has 0 aliphatic heterocycles. The molecule has 0 radical (unpaired) electrons. The van der Waals surface area contributed by atoms with Crippen molar-refractivity contribution in [3.05, 3.63) is 38.0 Å². The summed E-state index contributed by atoms with van der Waals surface area (Å²) in [6, 6.07) is 4.60. The number of rotatable bonds is 9. The second-order valence-electron chi connectivity index (χ2n) is 5.58. The van der Waals surface area contributed by atoms with E-state index in [2.05, 4.69) is 28.1 Å². The van der Waals surface area contributed by atoms with E-state index in [4.69, 9.17) is 11.6 Å². The SMILES string of the molecule is CCCCN(CCCC)c1nssc1=Nc1ccc(Cl)c([N+](=O)[O-])c1. The minimum Gasteiger partial charge on any atom is -0.353 e. The molecule has 1 heterocycles. The van der Waals surface area contributed by atoms with Gasteiger partial charge in [0.1, 0.15) is 5.02 Å². The predicted molar refractivity (Wildman–Crippen MR) is 105 cm³/mol. The lowest BCUT2D eigenvalue weighted by Gasteiger charge is -2.21. The second-order valence-corrected chi connectivity index (χ2v) is 7.82. The van der Waals surface area contributed by atoms with E-state index in [1.54, 1.807) is 6.07 Å². The Bertz CT molecular complexity index is 767. The van der Waals surface area contributed by atoms with Crippen molar-refractivity contribution in [1.82, 2.24) is 4.37 Å². The highest BCUT2D eigenvalue weighted by atomic mass is 35.5. The van der Waals surface area contributed by atoms with Crippen molar-refractivity contribution < 1.29 is 4.92 Å². The molecule has 136 valence electrons. The molecule has 0 spiro atoms. The van der Waals surface area contributed by atoms with Gasteiger partial charge in [-0.25, -0.2) is 4.99 Å². The first-order chi connectivity index (χ1) is 12.1. The molecular weight excluding hydrogens is 380 g/mol. The molecule has 0 fully saturated rings. The predicted octanol–water partition coefficient (Wildman–Crippen LogP) is 5.41. The van der Waals surface area contributed by atoms with Gasteiger partial charge in [-0.05, 0) is 35.3 Å². The van der Waals surface area contributed by atoms with Gasteiger partial charge < -0.3 is 4.90 Å². The topological polar surface area (TPSA) is 71.6 Å². The maximum absolute atomic E-state index is 11.1. The van der Waals surface area contributed by atoms with Crippen LogP contribution in [0.5, 0.6) is 0 Å². The molecule has 25 heavy (non-hydrogen) atoms. The Morgan fingerprint density at radius 3 is 2.56 bits per heavy atom. The van der Waals surface area contributed by atoms with E-state index in [0.29, 0.717) is 5.69 Å². The number of nitrogens with zero attached hydrogens (tertiary/aromatic N) is 4. The number of hydrogen-bond donors (Lipinski definition) is 0. The highest BCUT2D eigenvalue weighted by Crippen LogP contribution is 2.29. The van der Waals surface area contributed by atoms with E-state index >= 15 is 0 Å². The van der Waals surface area contributed by atoms with E-state index in [0.717, 1.165) is 49.3 Å². The Kier molecular flexibility index (Phi) is 7.80. The fourth-order valence-electron chi connectivity index (χ4n) is 2.28. The Morgan fingerprint density at radius 1 is 1.28 bits per heavy atom. The molecule has 0 aliphatic rings. The summed E-state index contributed by atoms with van der Waals surface area (Å²) < 4.78 is 5.31. The molecule has 2 aromatic rings. The van der Waals surface area contributed by atoms with Crippen molar-refractivity contribution in [2.24, 2.45) is 4.99 Å². The highest BCUT2D eigenvalue weighted by Gasteiger charge is 2.14. The molecule has 0 saturated carbocycles. The first kappa shape index (κ1) is 19.8. The van der Waals surface area contributed by atoms with Gasteiger partial charge in [0, 0.05) is 29.7 Å². The van der Waals surface area contributed by atoms with Gasteiger partial charge in [-0.1, -0.05) is 38.3 Å². The molecule has 0 aliphatic carbocycles. The van der Waals surface area contributed by atoms with Crippen LogP contribution in [0.15, 0.2) is 23.2 Å². The van der Waals surface area contributed by atoms with Crippen LogP contribution in [0.25, 0.3) is 0 Å². The number of nitro benzene ring substituents is 1. The third-order valence-corrected chi connectivity index (χ3v) is 5.65. The summed E-state index contributed by atoms with van der Waals surface area (Å²) in [7, 11) is 2.87. The van der Waals surface area contributed by atoms with E-state index in [9.17, 15) is 10.1 Å². The quantitative estimate of drug-likeness (QED) is 0.320. The summed E-state index contributed by atoms with van der Waals surface area (Å²) in [4.78, 5) is 17.4. The van der Waals surface area contributed by atoms with Gasteiger partial charge >= 0.3 is 0 Å². The number of unbranched alkanes of at least 4 members (excludes halogenated alkanes) is 2. The number of halogens is 1. The standard InChI is InChI=1S/C16H21ClN4O2S2/c1-3-5-9-20(10-6-4-2)15-16(24-25-19-15)18-12-7-8-13(17)14(11-12)21(22)23/h7-8,11H,3-6,9-10H2,1-2H3. The zero-order valence-corrected chi connectivity index (χ0v) is 16.7. The molecule has 6 nitrogen and oxygen atoms in total. The first-order valence-corrected chi connectivity index (χ1v) is 10.7. The van der Waals surface area contributed by atoms with E-state index < -0.39 is 4.92 Å². The first-order valence-electron chi connectivity index (χ1n) is 8.26. The largest absolute Gasteiger partial charge is 0.353 e. The van der Waals surface area contributed by atoms with Crippen LogP contribution in [0.2, 0.25) is 5.02 Å². The average Bonchev–Trinajstić information content (AvgIpc) is 3.04. The lowest BCUT2D eigenvalue weighted by molar-refractivity contribution is -0.384. The Labute approximate surface area is 159 Å². The average molecular weight is 401 g/mol. The summed E-state index contributed by atoms with van der Waals surface area (Å²) in [6.07, 6.45) is 4.42. The van der Waals surface area contributed by atoms with Crippen LogP contribution >= 0.6 is 32.5 Å². The van der Waals surface area contributed by atoms with Crippen molar-refractivity contribution in [2.75, 3.05) is 18.0 Å². The summed E-state index contributed by atoms with van der Waals surface area (Å²) in [5, 5.41) is 11.2. The van der Waals surface area contributed by atoms with Crippen LogP contribution in [0, 0.1) is 10.1 Å². The molecule has 0 bridgehead atoms. The zero-order valence-electron chi connectivity index (χ0n) is 14.3. The number of aromatic nitrogens is 1. The van der Waals surface area contributed by atoms with Crippen LogP contribution < -0.4 is 9.57 Å². The maximum atomic E-state index is 11.1. The zero-order chi connectivity index (χ0) is 18.2. The van der Waals surface area contributed by atoms with E-state index in [1.807, 2.05) is 0 Å². The third-order valence-electron chi connectivity index (χ3n) is 3.65. The van der Waals surface area contributed by atoms with Crippen molar-refractivity contribution >= 4 is 49.7 Å². The summed E-state index contributed by atoms with van der Waals surface area (Å²) in [6.45, 7) is 6.21. The summed E-state index contributed by atoms with van der Waals surface area (Å²) in [5.74, 6) is 0.870. The molecule has 0 amide bonds. The fraction of sp³-hybridized carbons (Fsp3) is 0.500. The Balaban J connectivity index is 2.37. The van der Waals surface area contributed by atoms with Crippen molar-refractivity contribution in [1.29, 1.82) is 0 Å². The lowest BCUT2D eigenvalue weighted by Crippen LogP contribution is -2.29. The monoisotopic (exact) mass is 400 g/mol. The summed E-state index contributed by atoms with van der Waals surface area (Å²) in [5.41, 5.74) is 0.381. The van der Waals surface area contributed by atoms with Crippen LogP contribution in [-0.2, 0) is 0 Å². The molecule has 1 aromatic carbocycles. The number of benzene rings is 1. The minimum atomic E-state index is -0.494. The van der Waals surface area contributed by atoms with Crippen molar-refractivity contribution in [3.8, 4) is 0 Å². The van der Waals surface area contributed by atoms with E-state index in [1.165, 1.54) is 33.0 Å². The molecule has 0 unspecified atom stereocenters. The molecule has 0 atom stereocenters. The van der Waals surface area contributed by atoms with Gasteiger partial charge in [-0.3, -0.25) is 10.1 Å².